The van der Waals surface area contributed by atoms with Crippen molar-refractivity contribution in [2.24, 2.45) is 0 Å². The van der Waals surface area contributed by atoms with Gasteiger partial charge in [-0.3, -0.25) is 24.7 Å². The molecule has 5 rings (SSSR count). The first-order chi connectivity index (χ1) is 19.2. The summed E-state index contributed by atoms with van der Waals surface area (Å²) < 4.78 is 27.4. The first-order valence-electron chi connectivity index (χ1n) is 12.9. The number of nitrogens with one attached hydrogen (secondary N) is 1. The van der Waals surface area contributed by atoms with E-state index in [2.05, 4.69) is 10.3 Å². The fourth-order valence-electron chi connectivity index (χ4n) is 5.05. The first-order valence-corrected chi connectivity index (χ1v) is 12.9. The lowest BCUT2D eigenvalue weighted by Gasteiger charge is -2.32. The molecule has 1 N–H and O–H groups in total. The average Bonchev–Trinajstić information content (AvgIpc) is 2.96. The van der Waals surface area contributed by atoms with Gasteiger partial charge in [-0.2, -0.15) is 0 Å². The van der Waals surface area contributed by atoms with E-state index in [9.17, 15) is 28.5 Å². The van der Waals surface area contributed by atoms with Gasteiger partial charge in [-0.05, 0) is 67.1 Å². The molecular formula is C30H26F2N4O4. The van der Waals surface area contributed by atoms with Crippen molar-refractivity contribution in [1.82, 2.24) is 9.88 Å². The van der Waals surface area contributed by atoms with Gasteiger partial charge >= 0.3 is 0 Å². The molecule has 10 heteroatoms. The number of halogens is 2. The maximum atomic E-state index is 13.9. The van der Waals surface area contributed by atoms with Crippen LogP contribution in [0.25, 0.3) is 10.9 Å². The summed E-state index contributed by atoms with van der Waals surface area (Å²) in [6.07, 6.45) is 2.81. The number of aryl methyl sites for hydroxylation is 1. The molecule has 1 saturated heterocycles. The molecule has 1 aliphatic rings. The second-order valence-electron chi connectivity index (χ2n) is 9.95. The monoisotopic (exact) mass is 544 g/mol. The third kappa shape index (κ3) is 5.66. The van der Waals surface area contributed by atoms with Gasteiger partial charge in [-0.15, -0.1) is 0 Å². The summed E-state index contributed by atoms with van der Waals surface area (Å²) in [5, 5.41) is 14.4. The fourth-order valence-corrected chi connectivity index (χ4v) is 5.05. The highest BCUT2D eigenvalue weighted by Gasteiger charge is 2.25. The van der Waals surface area contributed by atoms with Crippen molar-refractivity contribution in [2.75, 3.05) is 18.4 Å². The zero-order valence-electron chi connectivity index (χ0n) is 21.7. The van der Waals surface area contributed by atoms with Crippen LogP contribution >= 0.6 is 0 Å². The predicted octanol–water partition coefficient (Wildman–Crippen LogP) is 5.93. The van der Waals surface area contributed by atoms with Crippen LogP contribution < -0.4 is 5.32 Å². The number of pyridine rings is 1. The summed E-state index contributed by atoms with van der Waals surface area (Å²) in [5.41, 5.74) is 3.05. The highest BCUT2D eigenvalue weighted by molar-refractivity contribution is 5.97. The second kappa shape index (κ2) is 11.2. The maximum Gasteiger partial charge on any atom is 0.272 e. The average molecular weight is 545 g/mol. The van der Waals surface area contributed by atoms with Gasteiger partial charge in [0.1, 0.15) is 5.52 Å². The Balaban J connectivity index is 1.16. The Bertz CT molecular complexity index is 1620. The minimum absolute atomic E-state index is 0.0107. The van der Waals surface area contributed by atoms with Gasteiger partial charge in [-0.25, -0.2) is 8.78 Å². The Morgan fingerprint density at radius 2 is 1.77 bits per heavy atom. The number of carbonyl (C=O) groups is 2. The lowest BCUT2D eigenvalue weighted by Crippen LogP contribution is -2.38. The van der Waals surface area contributed by atoms with Crippen molar-refractivity contribution in [2.45, 2.75) is 32.1 Å². The topological polar surface area (TPSA) is 105 Å². The molecule has 0 bridgehead atoms. The van der Waals surface area contributed by atoms with Crippen LogP contribution in [0.15, 0.2) is 66.9 Å². The number of fused-ring (bicyclic) bond motifs is 1. The number of nitro groups is 1. The van der Waals surface area contributed by atoms with E-state index in [0.717, 1.165) is 24.5 Å². The van der Waals surface area contributed by atoms with Crippen LogP contribution in [0.5, 0.6) is 0 Å². The van der Waals surface area contributed by atoms with E-state index < -0.39 is 16.6 Å². The Kier molecular flexibility index (Phi) is 7.50. The van der Waals surface area contributed by atoms with Crippen molar-refractivity contribution in [3.8, 4) is 0 Å². The number of amides is 2. The predicted molar refractivity (Wildman–Crippen MR) is 146 cm³/mol. The van der Waals surface area contributed by atoms with Crippen LogP contribution in [-0.4, -0.2) is 39.7 Å². The smallest absolute Gasteiger partial charge is 0.272 e. The Hall–Kier alpha value is -4.73. The molecule has 0 atom stereocenters. The first kappa shape index (κ1) is 26.9. The molecule has 0 spiro atoms. The fraction of sp³-hybridized carbons (Fsp3) is 0.233. The number of benzene rings is 3. The van der Waals surface area contributed by atoms with Crippen molar-refractivity contribution in [3.63, 3.8) is 0 Å². The molecule has 2 amide bonds. The molecule has 0 saturated carbocycles. The second-order valence-corrected chi connectivity index (χ2v) is 9.95. The zero-order valence-corrected chi connectivity index (χ0v) is 21.7. The number of nitro benzene ring substituents is 1. The lowest BCUT2D eigenvalue weighted by atomic mass is 9.89. The van der Waals surface area contributed by atoms with Gasteiger partial charge < -0.3 is 10.2 Å². The van der Waals surface area contributed by atoms with E-state index in [4.69, 9.17) is 0 Å². The molecule has 0 radical (unpaired) electrons. The number of anilines is 1. The lowest BCUT2D eigenvalue weighted by molar-refractivity contribution is -0.385. The molecule has 4 aromatic rings. The summed E-state index contributed by atoms with van der Waals surface area (Å²) in [4.78, 5) is 41.9. The number of rotatable bonds is 6. The summed E-state index contributed by atoms with van der Waals surface area (Å²) >= 11 is 0. The van der Waals surface area contributed by atoms with Crippen molar-refractivity contribution >= 4 is 34.1 Å². The van der Waals surface area contributed by atoms with Crippen molar-refractivity contribution in [3.05, 3.63) is 111 Å². The van der Waals surface area contributed by atoms with Crippen LogP contribution in [-0.2, 0) is 11.2 Å². The number of hydrogen-bond donors (Lipinski definition) is 1. The summed E-state index contributed by atoms with van der Waals surface area (Å²) in [6.45, 7) is 2.74. The molecule has 40 heavy (non-hydrogen) atoms. The Labute approximate surface area is 228 Å². The standard InChI is InChI=1S/C30H26F2N4O4/c1-18-2-3-19(14-26(18)36(39)40)15-27(37)34-24-7-4-20(5-8-24)21-10-12-35(13-11-21)30(38)23-16-22-6-9-25(31)28(32)29(22)33-17-23/h2-9,14,16-17,21H,10-13,15H2,1H3,(H,34,37). The molecular weight excluding hydrogens is 518 g/mol. The molecule has 8 nitrogen and oxygen atoms in total. The molecule has 0 aliphatic carbocycles. The third-order valence-electron chi connectivity index (χ3n) is 7.27. The van der Waals surface area contributed by atoms with Gasteiger partial charge in [0.2, 0.25) is 5.91 Å². The summed E-state index contributed by atoms with van der Waals surface area (Å²) in [6, 6.07) is 16.3. The van der Waals surface area contributed by atoms with E-state index in [1.165, 1.54) is 24.4 Å². The molecule has 2 heterocycles. The SMILES string of the molecule is Cc1ccc(CC(=O)Nc2ccc(C3CCN(C(=O)c4cnc5c(F)c(F)ccc5c4)CC3)cc2)cc1[N+](=O)[O-]. The van der Waals surface area contributed by atoms with Gasteiger partial charge in [-0.1, -0.05) is 24.3 Å². The molecule has 1 aromatic heterocycles. The number of piperidine rings is 1. The molecule has 3 aromatic carbocycles. The van der Waals surface area contributed by atoms with Crippen LogP contribution in [0.2, 0.25) is 0 Å². The normalized spacial score (nSPS) is 13.8. The summed E-state index contributed by atoms with van der Waals surface area (Å²) in [7, 11) is 0. The van der Waals surface area contributed by atoms with Gasteiger partial charge in [0.25, 0.3) is 11.6 Å². The van der Waals surface area contributed by atoms with E-state index in [0.29, 0.717) is 40.9 Å². The van der Waals surface area contributed by atoms with E-state index in [1.54, 1.807) is 24.0 Å². The molecule has 0 unspecified atom stereocenters. The number of hydrogen-bond acceptors (Lipinski definition) is 5. The van der Waals surface area contributed by atoms with Crippen molar-refractivity contribution in [1.29, 1.82) is 0 Å². The largest absolute Gasteiger partial charge is 0.339 e. The Morgan fingerprint density at radius 3 is 2.48 bits per heavy atom. The number of aromatic nitrogens is 1. The van der Waals surface area contributed by atoms with E-state index >= 15 is 0 Å². The molecule has 1 aliphatic heterocycles. The summed E-state index contributed by atoms with van der Waals surface area (Å²) in [5.74, 6) is -2.23. The van der Waals surface area contributed by atoms with Gasteiger partial charge in [0, 0.05) is 42.0 Å². The Morgan fingerprint density at radius 1 is 1.05 bits per heavy atom. The van der Waals surface area contributed by atoms with E-state index in [-0.39, 0.29) is 35.4 Å². The van der Waals surface area contributed by atoms with Crippen LogP contribution in [0, 0.1) is 28.7 Å². The molecule has 204 valence electrons. The maximum absolute atomic E-state index is 13.9. The highest BCUT2D eigenvalue weighted by Crippen LogP contribution is 2.30. The number of carbonyl (C=O) groups excluding carboxylic acids is 2. The van der Waals surface area contributed by atoms with Crippen LogP contribution in [0.4, 0.5) is 20.2 Å². The van der Waals surface area contributed by atoms with Gasteiger partial charge in [0.15, 0.2) is 11.6 Å². The minimum atomic E-state index is -1.03. The zero-order chi connectivity index (χ0) is 28.4. The third-order valence-corrected chi connectivity index (χ3v) is 7.27. The number of likely N-dealkylation sites (tertiary alicyclic amines) is 1. The van der Waals surface area contributed by atoms with Crippen LogP contribution in [0.1, 0.15) is 45.8 Å². The van der Waals surface area contributed by atoms with Crippen LogP contribution in [0.3, 0.4) is 0 Å². The quantitative estimate of drug-likeness (QED) is 0.239. The minimum Gasteiger partial charge on any atom is -0.339 e. The van der Waals surface area contributed by atoms with E-state index in [1.807, 2.05) is 24.3 Å². The van der Waals surface area contributed by atoms with Crippen molar-refractivity contribution < 1.29 is 23.3 Å². The van der Waals surface area contributed by atoms with Gasteiger partial charge in [0.05, 0.1) is 16.9 Å². The highest BCUT2D eigenvalue weighted by atomic mass is 19.2. The number of nitrogens with zero attached hydrogens (tertiary/aromatic N) is 3. The molecule has 1 fully saturated rings.